The second-order valence-electron chi connectivity index (χ2n) is 8.07. The Balaban J connectivity index is 1.47. The van der Waals surface area contributed by atoms with Crippen LogP contribution in [0, 0.1) is 5.82 Å². The Morgan fingerprint density at radius 2 is 1.74 bits per heavy atom. The molecule has 1 aliphatic rings. The van der Waals surface area contributed by atoms with E-state index >= 15 is 0 Å². The summed E-state index contributed by atoms with van der Waals surface area (Å²) in [6.45, 7) is -0.301. The number of para-hydroxylation sites is 2. The Bertz CT molecular complexity index is 1410. The maximum atomic E-state index is 13.1. The van der Waals surface area contributed by atoms with Gasteiger partial charge >= 0.3 is 6.03 Å². The fourth-order valence-corrected chi connectivity index (χ4v) is 4.06. The number of nitrogens with one attached hydrogen (secondary N) is 2. The summed E-state index contributed by atoms with van der Waals surface area (Å²) >= 11 is 3.45. The predicted molar refractivity (Wildman–Crippen MR) is 141 cm³/mol. The van der Waals surface area contributed by atoms with Gasteiger partial charge in [0.2, 0.25) is 5.91 Å². The molecule has 4 amide bonds. The smallest absolute Gasteiger partial charge is 0.329 e. The van der Waals surface area contributed by atoms with E-state index in [1.54, 1.807) is 48.5 Å². The van der Waals surface area contributed by atoms with E-state index in [9.17, 15) is 18.8 Å². The van der Waals surface area contributed by atoms with E-state index in [1.165, 1.54) is 32.4 Å². The number of imide groups is 1. The highest BCUT2D eigenvalue weighted by atomic mass is 79.9. The van der Waals surface area contributed by atoms with E-state index in [2.05, 4.69) is 26.6 Å². The standard InChI is InChI=1S/C27H23BrFN3O6/c1-36-22-6-4-3-5-20(22)30-25(33)14-32-26(34)21(31-27(32)35)11-17-12-23(37-2)24(13-19(17)28)38-15-16-7-9-18(29)10-8-16/h3-13H,14-15H2,1-2H3,(H,30,33)(H,31,35)/b21-11+. The molecular formula is C27H23BrFN3O6. The first-order valence-corrected chi connectivity index (χ1v) is 12.1. The van der Waals surface area contributed by atoms with Gasteiger partial charge in [-0.05, 0) is 53.6 Å². The van der Waals surface area contributed by atoms with Crippen molar-refractivity contribution in [1.82, 2.24) is 10.2 Å². The first-order chi connectivity index (χ1) is 18.3. The quantitative estimate of drug-likeness (QED) is 0.279. The van der Waals surface area contributed by atoms with Crippen LogP contribution in [-0.4, -0.2) is 43.5 Å². The summed E-state index contributed by atoms with van der Waals surface area (Å²) in [4.78, 5) is 38.7. The van der Waals surface area contributed by atoms with Crippen LogP contribution in [-0.2, 0) is 16.2 Å². The molecule has 3 aromatic carbocycles. The van der Waals surface area contributed by atoms with Crippen molar-refractivity contribution in [2.45, 2.75) is 6.61 Å². The normalized spacial score (nSPS) is 13.9. The van der Waals surface area contributed by atoms with Crippen molar-refractivity contribution in [3.63, 3.8) is 0 Å². The van der Waals surface area contributed by atoms with Crippen LogP contribution in [0.5, 0.6) is 17.2 Å². The number of hydrogen-bond donors (Lipinski definition) is 2. The van der Waals surface area contributed by atoms with Crippen LogP contribution in [0.4, 0.5) is 14.9 Å². The van der Waals surface area contributed by atoms with Gasteiger partial charge in [-0.2, -0.15) is 0 Å². The third-order valence-electron chi connectivity index (χ3n) is 5.54. The Morgan fingerprint density at radius 3 is 2.45 bits per heavy atom. The lowest BCUT2D eigenvalue weighted by Crippen LogP contribution is -2.38. The lowest BCUT2D eigenvalue weighted by Gasteiger charge is -2.14. The molecular weight excluding hydrogens is 561 g/mol. The van der Waals surface area contributed by atoms with E-state index in [4.69, 9.17) is 14.2 Å². The maximum absolute atomic E-state index is 13.1. The Labute approximate surface area is 226 Å². The molecule has 0 unspecified atom stereocenters. The largest absolute Gasteiger partial charge is 0.495 e. The number of ether oxygens (including phenoxy) is 3. The van der Waals surface area contributed by atoms with Crippen LogP contribution in [0.3, 0.4) is 0 Å². The second kappa shape index (κ2) is 11.8. The number of carbonyl (C=O) groups excluding carboxylic acids is 3. The third kappa shape index (κ3) is 6.12. The van der Waals surface area contributed by atoms with Crippen molar-refractivity contribution < 1.29 is 33.0 Å². The number of amides is 4. The van der Waals surface area contributed by atoms with Gasteiger partial charge in [0.25, 0.3) is 5.91 Å². The summed E-state index contributed by atoms with van der Waals surface area (Å²) in [7, 11) is 2.94. The highest BCUT2D eigenvalue weighted by Crippen LogP contribution is 2.35. The molecule has 3 aromatic rings. The van der Waals surface area contributed by atoms with Crippen LogP contribution in [0.25, 0.3) is 6.08 Å². The van der Waals surface area contributed by atoms with E-state index in [-0.39, 0.29) is 18.1 Å². The van der Waals surface area contributed by atoms with E-state index < -0.39 is 24.4 Å². The highest BCUT2D eigenvalue weighted by Gasteiger charge is 2.35. The van der Waals surface area contributed by atoms with Gasteiger partial charge in [-0.3, -0.25) is 9.59 Å². The van der Waals surface area contributed by atoms with Crippen LogP contribution < -0.4 is 24.8 Å². The number of nitrogens with zero attached hydrogens (tertiary/aromatic N) is 1. The Hall–Kier alpha value is -4.38. The molecule has 0 aromatic heterocycles. The van der Waals surface area contributed by atoms with Crippen molar-refractivity contribution in [2.75, 3.05) is 26.1 Å². The molecule has 1 saturated heterocycles. The first-order valence-electron chi connectivity index (χ1n) is 11.3. The highest BCUT2D eigenvalue weighted by molar-refractivity contribution is 9.10. The Kier molecular flexibility index (Phi) is 8.27. The zero-order valence-corrected chi connectivity index (χ0v) is 22.0. The second-order valence-corrected chi connectivity index (χ2v) is 8.92. The molecule has 2 N–H and O–H groups in total. The monoisotopic (exact) mass is 583 g/mol. The van der Waals surface area contributed by atoms with Gasteiger partial charge in [0.05, 0.1) is 19.9 Å². The molecule has 0 saturated carbocycles. The zero-order valence-electron chi connectivity index (χ0n) is 20.4. The number of halogens is 2. The van der Waals surface area contributed by atoms with Crippen LogP contribution in [0.15, 0.2) is 70.8 Å². The van der Waals surface area contributed by atoms with Crippen molar-refractivity contribution in [1.29, 1.82) is 0 Å². The molecule has 0 bridgehead atoms. The lowest BCUT2D eigenvalue weighted by molar-refractivity contribution is -0.127. The molecule has 9 nitrogen and oxygen atoms in total. The number of hydrogen-bond acceptors (Lipinski definition) is 6. The molecule has 1 aliphatic heterocycles. The minimum atomic E-state index is -0.723. The summed E-state index contributed by atoms with van der Waals surface area (Å²) in [5.74, 6) is -0.315. The van der Waals surface area contributed by atoms with Crippen LogP contribution in [0.2, 0.25) is 0 Å². The number of rotatable bonds is 9. The molecule has 0 atom stereocenters. The number of carbonyl (C=O) groups is 3. The topological polar surface area (TPSA) is 106 Å². The molecule has 1 fully saturated rings. The lowest BCUT2D eigenvalue weighted by atomic mass is 10.1. The van der Waals surface area contributed by atoms with E-state index in [1.807, 2.05) is 0 Å². The molecule has 0 radical (unpaired) electrons. The molecule has 196 valence electrons. The van der Waals surface area contributed by atoms with Crippen molar-refractivity contribution >= 4 is 45.5 Å². The summed E-state index contributed by atoms with van der Waals surface area (Å²) in [6.07, 6.45) is 1.47. The maximum Gasteiger partial charge on any atom is 0.329 e. The molecule has 0 spiro atoms. The van der Waals surface area contributed by atoms with Crippen molar-refractivity contribution in [3.05, 3.63) is 87.8 Å². The van der Waals surface area contributed by atoms with Gasteiger partial charge in [-0.15, -0.1) is 0 Å². The van der Waals surface area contributed by atoms with Gasteiger partial charge in [-0.1, -0.05) is 40.2 Å². The summed E-state index contributed by atoms with van der Waals surface area (Å²) < 4.78 is 30.2. The van der Waals surface area contributed by atoms with Crippen molar-refractivity contribution in [3.8, 4) is 17.2 Å². The summed E-state index contributed by atoms with van der Waals surface area (Å²) in [5, 5.41) is 5.13. The summed E-state index contributed by atoms with van der Waals surface area (Å²) in [5.41, 5.74) is 1.70. The molecule has 1 heterocycles. The zero-order chi connectivity index (χ0) is 27.2. The molecule has 0 aliphatic carbocycles. The van der Waals surface area contributed by atoms with E-state index in [0.29, 0.717) is 33.0 Å². The number of methoxy groups -OCH3 is 2. The van der Waals surface area contributed by atoms with Gasteiger partial charge < -0.3 is 24.8 Å². The summed E-state index contributed by atoms with van der Waals surface area (Å²) in [6, 6.07) is 15.3. The average Bonchev–Trinajstić information content (AvgIpc) is 3.17. The van der Waals surface area contributed by atoms with E-state index in [0.717, 1.165) is 10.5 Å². The van der Waals surface area contributed by atoms with Gasteiger partial charge in [0.1, 0.15) is 30.4 Å². The molecule has 11 heteroatoms. The molecule has 4 rings (SSSR count). The van der Waals surface area contributed by atoms with Crippen LogP contribution in [0.1, 0.15) is 11.1 Å². The minimum Gasteiger partial charge on any atom is -0.495 e. The average molecular weight is 584 g/mol. The van der Waals surface area contributed by atoms with Crippen LogP contribution >= 0.6 is 15.9 Å². The number of urea groups is 1. The predicted octanol–water partition coefficient (Wildman–Crippen LogP) is 4.72. The minimum absolute atomic E-state index is 0.0113. The third-order valence-corrected chi connectivity index (χ3v) is 6.22. The molecule has 38 heavy (non-hydrogen) atoms. The number of anilines is 1. The fraction of sp³-hybridized carbons (Fsp3) is 0.148. The van der Waals surface area contributed by atoms with Crippen molar-refractivity contribution in [2.24, 2.45) is 0 Å². The van der Waals surface area contributed by atoms with Gasteiger partial charge in [0, 0.05) is 4.47 Å². The SMILES string of the molecule is COc1ccccc1NC(=O)CN1C(=O)N/C(=C/c2cc(OC)c(OCc3ccc(F)cc3)cc2Br)C1=O. The Morgan fingerprint density at radius 1 is 1.03 bits per heavy atom. The first kappa shape index (κ1) is 26.7. The number of benzene rings is 3. The fourth-order valence-electron chi connectivity index (χ4n) is 3.63. The van der Waals surface area contributed by atoms with Gasteiger partial charge in [-0.25, -0.2) is 14.1 Å². The van der Waals surface area contributed by atoms with Gasteiger partial charge in [0.15, 0.2) is 11.5 Å².